The van der Waals surface area contributed by atoms with E-state index in [0.717, 1.165) is 0 Å². The second-order valence-electron chi connectivity index (χ2n) is 12.1. The first-order chi connectivity index (χ1) is 22.4. The summed E-state index contributed by atoms with van der Waals surface area (Å²) < 4.78 is 5.94. The van der Waals surface area contributed by atoms with Crippen LogP contribution in [0.5, 0.6) is 0 Å². The Bertz CT molecular complexity index is 2240. The Morgan fingerprint density at radius 3 is 1.22 bits per heavy atom. The molecule has 2 nitrogen and oxygen atoms in total. The Labute approximate surface area is 273 Å². The number of rotatable bonds is 4. The van der Waals surface area contributed by atoms with Gasteiger partial charge >= 0.3 is 275 Å². The van der Waals surface area contributed by atoms with Gasteiger partial charge in [-0.25, -0.2) is 0 Å². The Hall–Kier alpha value is -4.72. The predicted molar refractivity (Wildman–Crippen MR) is 181 cm³/mol. The Kier molecular flexibility index (Phi) is 5.63. The van der Waals surface area contributed by atoms with Crippen LogP contribution < -0.4 is 0 Å². The van der Waals surface area contributed by atoms with Crippen LogP contribution in [0.2, 0.25) is 0 Å². The van der Waals surface area contributed by atoms with Crippen molar-refractivity contribution in [3.63, 3.8) is 0 Å². The van der Waals surface area contributed by atoms with Gasteiger partial charge in [-0.3, -0.25) is 0 Å². The molecule has 0 fully saturated rings. The standard InChI is InChI=1S/2C21H14N.Zr/c2*1-2-9-16(10-3-1)22-20-13-7-6-12-18(20)19-14-15-8-4-5-11-17(15)21(19)22;/h2*1-14H;. The Morgan fingerprint density at radius 1 is 0.378 bits per heavy atom. The SMILES string of the molecule is c1ccc(-n2c3c(c4ccccc42)[CH]([Zr][CH]2c4ccccc4-c4c2c2ccccc2n4-c2ccccc2)c2ccccc2-3)cc1. The summed E-state index contributed by atoms with van der Waals surface area (Å²) in [5.41, 5.74) is 16.8. The summed E-state index contributed by atoms with van der Waals surface area (Å²) in [5, 5.41) is 2.80. The van der Waals surface area contributed by atoms with E-state index in [1.165, 1.54) is 66.8 Å². The summed E-state index contributed by atoms with van der Waals surface area (Å²) in [4.78, 5) is 0. The van der Waals surface area contributed by atoms with E-state index in [-0.39, 0.29) is 0 Å². The van der Waals surface area contributed by atoms with Crippen LogP contribution in [0.15, 0.2) is 158 Å². The van der Waals surface area contributed by atoms with E-state index in [1.807, 2.05) is 0 Å². The fourth-order valence-electron chi connectivity index (χ4n) is 8.09. The van der Waals surface area contributed by atoms with E-state index < -0.39 is 23.2 Å². The molecule has 3 heteroatoms. The van der Waals surface area contributed by atoms with Gasteiger partial charge in [0, 0.05) is 0 Å². The van der Waals surface area contributed by atoms with Crippen molar-refractivity contribution < 1.29 is 23.2 Å². The van der Waals surface area contributed by atoms with Gasteiger partial charge in [-0.1, -0.05) is 0 Å². The summed E-state index contributed by atoms with van der Waals surface area (Å²) in [5.74, 6) is 0. The van der Waals surface area contributed by atoms with Crippen LogP contribution in [0.25, 0.3) is 55.7 Å². The molecule has 2 aromatic heterocycles. The number of benzene rings is 6. The maximum atomic E-state index is 2.53. The topological polar surface area (TPSA) is 9.86 Å². The molecule has 2 unspecified atom stereocenters. The minimum absolute atomic E-state index is 0.442. The molecule has 0 radical (unpaired) electrons. The van der Waals surface area contributed by atoms with Crippen molar-refractivity contribution in [3.8, 4) is 33.9 Å². The van der Waals surface area contributed by atoms with Crippen molar-refractivity contribution in [1.82, 2.24) is 9.13 Å². The third kappa shape index (κ3) is 3.59. The monoisotopic (exact) mass is 650 g/mol. The van der Waals surface area contributed by atoms with Gasteiger partial charge in [-0.15, -0.1) is 0 Å². The second-order valence-corrected chi connectivity index (χ2v) is 15.8. The van der Waals surface area contributed by atoms with Gasteiger partial charge in [0.1, 0.15) is 0 Å². The number of nitrogens with zero attached hydrogens (tertiary/aromatic N) is 2. The number of fused-ring (bicyclic) bond motifs is 10. The summed E-state index contributed by atoms with van der Waals surface area (Å²) in [7, 11) is 0. The summed E-state index contributed by atoms with van der Waals surface area (Å²) >= 11 is -1.21. The van der Waals surface area contributed by atoms with E-state index in [9.17, 15) is 0 Å². The van der Waals surface area contributed by atoms with Crippen molar-refractivity contribution in [2.75, 3.05) is 0 Å². The zero-order valence-electron chi connectivity index (χ0n) is 24.6. The molecular weight excluding hydrogens is 624 g/mol. The molecule has 2 aliphatic carbocycles. The molecule has 0 N–H and O–H groups in total. The summed E-state index contributed by atoms with van der Waals surface area (Å²) in [6, 6.07) is 58.5. The van der Waals surface area contributed by atoms with Crippen LogP contribution >= 0.6 is 0 Å². The molecule has 0 spiro atoms. The quantitative estimate of drug-likeness (QED) is 0.179. The summed E-state index contributed by atoms with van der Waals surface area (Å²) in [6.45, 7) is 0. The molecular formula is C42H28N2Zr. The molecule has 2 heterocycles. The minimum atomic E-state index is -1.21. The summed E-state index contributed by atoms with van der Waals surface area (Å²) in [6.07, 6.45) is 0. The van der Waals surface area contributed by atoms with Gasteiger partial charge < -0.3 is 0 Å². The molecule has 45 heavy (non-hydrogen) atoms. The number of para-hydroxylation sites is 4. The molecule has 0 saturated carbocycles. The molecule has 0 bridgehead atoms. The van der Waals surface area contributed by atoms with E-state index in [2.05, 4.69) is 167 Å². The average molecular weight is 652 g/mol. The molecule has 2 atom stereocenters. The van der Waals surface area contributed by atoms with E-state index in [1.54, 1.807) is 11.1 Å². The van der Waals surface area contributed by atoms with Crippen molar-refractivity contribution in [2.45, 2.75) is 7.25 Å². The molecule has 0 aliphatic heterocycles. The molecule has 10 rings (SSSR count). The van der Waals surface area contributed by atoms with Crippen LogP contribution in [0, 0.1) is 0 Å². The van der Waals surface area contributed by atoms with Crippen molar-refractivity contribution >= 4 is 21.8 Å². The van der Waals surface area contributed by atoms with Crippen LogP contribution in [0.1, 0.15) is 29.5 Å². The van der Waals surface area contributed by atoms with Crippen molar-refractivity contribution in [1.29, 1.82) is 0 Å². The molecule has 0 saturated heterocycles. The molecule has 210 valence electrons. The fraction of sp³-hybridized carbons (Fsp3) is 0.0476. The molecule has 8 aromatic rings. The van der Waals surface area contributed by atoms with Crippen molar-refractivity contribution in [3.05, 3.63) is 180 Å². The zero-order chi connectivity index (χ0) is 29.5. The van der Waals surface area contributed by atoms with Gasteiger partial charge in [0.2, 0.25) is 0 Å². The van der Waals surface area contributed by atoms with E-state index >= 15 is 0 Å². The van der Waals surface area contributed by atoms with E-state index in [4.69, 9.17) is 0 Å². The van der Waals surface area contributed by atoms with Gasteiger partial charge in [-0.2, -0.15) is 0 Å². The number of aromatic nitrogens is 2. The third-order valence-electron chi connectivity index (χ3n) is 9.82. The van der Waals surface area contributed by atoms with Crippen LogP contribution in [-0.4, -0.2) is 9.13 Å². The fourth-order valence-corrected chi connectivity index (χ4v) is 13.3. The number of hydrogen-bond acceptors (Lipinski definition) is 0. The van der Waals surface area contributed by atoms with Gasteiger partial charge in [0.15, 0.2) is 0 Å². The molecule has 6 aromatic carbocycles. The Balaban J connectivity index is 1.24. The average Bonchev–Trinajstić information content (AvgIpc) is 3.82. The maximum absolute atomic E-state index is 2.53. The molecule has 0 amide bonds. The second kappa shape index (κ2) is 9.89. The van der Waals surface area contributed by atoms with Gasteiger partial charge in [0.25, 0.3) is 0 Å². The number of hydrogen-bond donors (Lipinski definition) is 0. The van der Waals surface area contributed by atoms with Crippen LogP contribution in [-0.2, 0) is 23.2 Å². The predicted octanol–water partition coefficient (Wildman–Crippen LogP) is 10.5. The molecule has 2 aliphatic rings. The van der Waals surface area contributed by atoms with Gasteiger partial charge in [-0.05, 0) is 0 Å². The van der Waals surface area contributed by atoms with Crippen LogP contribution in [0.4, 0.5) is 0 Å². The first kappa shape index (κ1) is 25.6. The normalized spacial score (nSPS) is 16.0. The first-order valence-corrected chi connectivity index (χ1v) is 18.5. The Morgan fingerprint density at radius 2 is 0.756 bits per heavy atom. The van der Waals surface area contributed by atoms with E-state index in [0.29, 0.717) is 7.25 Å². The zero-order valence-corrected chi connectivity index (χ0v) is 27.0. The van der Waals surface area contributed by atoms with Gasteiger partial charge in [0.05, 0.1) is 0 Å². The third-order valence-corrected chi connectivity index (χ3v) is 14.4. The first-order valence-electron chi connectivity index (χ1n) is 15.7. The van der Waals surface area contributed by atoms with Crippen molar-refractivity contribution in [2.24, 2.45) is 0 Å². The van der Waals surface area contributed by atoms with Crippen LogP contribution in [0.3, 0.4) is 0 Å².